The highest BCUT2D eigenvalue weighted by molar-refractivity contribution is 8.00. The molecule has 2 aliphatic heterocycles. The summed E-state index contributed by atoms with van der Waals surface area (Å²) < 4.78 is 11.5. The number of amides is 3. The van der Waals surface area contributed by atoms with E-state index in [1.54, 1.807) is 57.2 Å². The SMILES string of the molecule is C=CC1=C(C(=O)OC(c2ccccc2)c2ccccc2)N2C(=O)[C@@H](NC(=O)C(NC(=O)OC(C)(C)C)c3ccccc3)[C@@H]2SC1. The number of nitrogens with zero attached hydrogens (tertiary/aromatic N) is 1. The molecule has 1 unspecified atom stereocenters. The zero-order valence-electron chi connectivity index (χ0n) is 25.3. The number of alkyl carbamates (subject to hydrolysis) is 1. The summed E-state index contributed by atoms with van der Waals surface area (Å²) in [6.45, 7) is 9.03. The van der Waals surface area contributed by atoms with Gasteiger partial charge in [-0.2, -0.15) is 0 Å². The number of hydrogen-bond donors (Lipinski definition) is 2. The fraction of sp³-hybridized carbons (Fsp3) is 0.257. The molecule has 0 radical (unpaired) electrons. The first-order chi connectivity index (χ1) is 21.6. The third-order valence-corrected chi connectivity index (χ3v) is 8.52. The van der Waals surface area contributed by atoms with Crippen LogP contribution in [-0.4, -0.2) is 51.5 Å². The lowest BCUT2D eigenvalue weighted by molar-refractivity contribution is -0.154. The van der Waals surface area contributed by atoms with Gasteiger partial charge >= 0.3 is 12.1 Å². The molecule has 0 aliphatic carbocycles. The minimum absolute atomic E-state index is 0.104. The molecule has 0 bridgehead atoms. The molecule has 1 fully saturated rings. The summed E-state index contributed by atoms with van der Waals surface area (Å²) in [7, 11) is 0. The second-order valence-electron chi connectivity index (χ2n) is 11.6. The zero-order chi connectivity index (χ0) is 32.1. The number of carbonyl (C=O) groups excluding carboxylic acids is 4. The predicted molar refractivity (Wildman–Crippen MR) is 172 cm³/mol. The van der Waals surface area contributed by atoms with Gasteiger partial charge in [-0.15, -0.1) is 11.8 Å². The Morgan fingerprint density at radius 3 is 1.96 bits per heavy atom. The van der Waals surface area contributed by atoms with Crippen LogP contribution >= 0.6 is 11.8 Å². The maximum absolute atomic E-state index is 13.8. The maximum atomic E-state index is 13.8. The van der Waals surface area contributed by atoms with Gasteiger partial charge in [0.2, 0.25) is 5.91 Å². The lowest BCUT2D eigenvalue weighted by Crippen LogP contribution is -2.71. The van der Waals surface area contributed by atoms with Crippen LogP contribution in [0.2, 0.25) is 0 Å². The molecule has 9 nitrogen and oxygen atoms in total. The number of hydrogen-bond acceptors (Lipinski definition) is 7. The normalized spacial score (nSPS) is 18.3. The van der Waals surface area contributed by atoms with Gasteiger partial charge in [0.25, 0.3) is 5.91 Å². The summed E-state index contributed by atoms with van der Waals surface area (Å²) in [6, 6.07) is 25.4. The Balaban J connectivity index is 1.35. The molecule has 3 aromatic rings. The second-order valence-corrected chi connectivity index (χ2v) is 12.7. The Labute approximate surface area is 266 Å². The summed E-state index contributed by atoms with van der Waals surface area (Å²) >= 11 is 1.40. The molecule has 45 heavy (non-hydrogen) atoms. The van der Waals surface area contributed by atoms with Crippen LogP contribution in [0.1, 0.15) is 49.6 Å². The third-order valence-electron chi connectivity index (χ3n) is 7.22. The molecule has 10 heteroatoms. The first-order valence-electron chi connectivity index (χ1n) is 14.5. The Hall–Kier alpha value is -4.83. The number of benzene rings is 3. The summed E-state index contributed by atoms with van der Waals surface area (Å²) in [5.41, 5.74) is 1.98. The topological polar surface area (TPSA) is 114 Å². The van der Waals surface area contributed by atoms with Crippen LogP contribution in [0.25, 0.3) is 0 Å². The van der Waals surface area contributed by atoms with E-state index in [1.165, 1.54) is 16.7 Å². The Morgan fingerprint density at radius 1 is 0.911 bits per heavy atom. The minimum Gasteiger partial charge on any atom is -0.448 e. The average Bonchev–Trinajstić information content (AvgIpc) is 3.04. The van der Waals surface area contributed by atoms with Crippen molar-refractivity contribution in [1.82, 2.24) is 15.5 Å². The van der Waals surface area contributed by atoms with Crippen LogP contribution in [0.15, 0.2) is 115 Å². The van der Waals surface area contributed by atoms with Crippen molar-refractivity contribution in [3.05, 3.63) is 132 Å². The van der Waals surface area contributed by atoms with E-state index in [9.17, 15) is 19.2 Å². The number of β-lactam (4-membered cyclic amide) rings is 1. The molecule has 3 aromatic carbocycles. The second kappa shape index (κ2) is 13.4. The molecule has 0 spiro atoms. The number of carbonyl (C=O) groups is 4. The van der Waals surface area contributed by atoms with Crippen molar-refractivity contribution in [1.29, 1.82) is 0 Å². The number of nitrogens with one attached hydrogen (secondary N) is 2. The van der Waals surface area contributed by atoms with Gasteiger partial charge < -0.3 is 20.1 Å². The fourth-order valence-corrected chi connectivity index (χ4v) is 6.48. The molecule has 2 heterocycles. The van der Waals surface area contributed by atoms with Gasteiger partial charge in [-0.25, -0.2) is 9.59 Å². The van der Waals surface area contributed by atoms with Gasteiger partial charge in [0.15, 0.2) is 6.10 Å². The van der Waals surface area contributed by atoms with E-state index in [2.05, 4.69) is 17.2 Å². The first kappa shape index (κ1) is 31.6. The molecule has 1 saturated heterocycles. The largest absolute Gasteiger partial charge is 0.448 e. The quantitative estimate of drug-likeness (QED) is 0.241. The van der Waals surface area contributed by atoms with Crippen molar-refractivity contribution in [3.8, 4) is 0 Å². The van der Waals surface area contributed by atoms with Crippen LogP contribution in [-0.2, 0) is 23.9 Å². The van der Waals surface area contributed by atoms with Crippen molar-refractivity contribution in [2.24, 2.45) is 0 Å². The van der Waals surface area contributed by atoms with E-state index in [1.807, 2.05) is 60.7 Å². The number of esters is 1. The van der Waals surface area contributed by atoms with E-state index >= 15 is 0 Å². The zero-order valence-corrected chi connectivity index (χ0v) is 26.1. The number of thioether (sulfide) groups is 1. The van der Waals surface area contributed by atoms with Gasteiger partial charge in [-0.3, -0.25) is 14.5 Å². The van der Waals surface area contributed by atoms with Crippen molar-refractivity contribution >= 4 is 35.6 Å². The molecular formula is C35H35N3O6S. The lowest BCUT2D eigenvalue weighted by Gasteiger charge is -2.49. The molecular weight excluding hydrogens is 590 g/mol. The molecule has 2 aliphatic rings. The minimum atomic E-state index is -1.11. The number of ether oxygens (including phenoxy) is 2. The van der Waals surface area contributed by atoms with Crippen LogP contribution in [0, 0.1) is 0 Å². The van der Waals surface area contributed by atoms with Crippen LogP contribution < -0.4 is 10.6 Å². The average molecular weight is 626 g/mol. The predicted octanol–water partition coefficient (Wildman–Crippen LogP) is 5.43. The highest BCUT2D eigenvalue weighted by Crippen LogP contribution is 2.42. The van der Waals surface area contributed by atoms with Gasteiger partial charge in [0.05, 0.1) is 0 Å². The highest BCUT2D eigenvalue weighted by atomic mass is 32.2. The van der Waals surface area contributed by atoms with E-state index in [4.69, 9.17) is 9.47 Å². The monoisotopic (exact) mass is 625 g/mol. The summed E-state index contributed by atoms with van der Waals surface area (Å²) in [4.78, 5) is 55.0. The Morgan fingerprint density at radius 2 is 1.44 bits per heavy atom. The summed E-state index contributed by atoms with van der Waals surface area (Å²) in [5.74, 6) is -1.33. The molecule has 2 N–H and O–H groups in total. The van der Waals surface area contributed by atoms with Gasteiger partial charge in [-0.05, 0) is 43.0 Å². The molecule has 0 aromatic heterocycles. The van der Waals surface area contributed by atoms with Crippen molar-refractivity contribution in [2.75, 3.05) is 5.75 Å². The van der Waals surface area contributed by atoms with Gasteiger partial charge in [-0.1, -0.05) is 104 Å². The smallest absolute Gasteiger partial charge is 0.408 e. The molecule has 232 valence electrons. The van der Waals surface area contributed by atoms with E-state index in [-0.39, 0.29) is 5.70 Å². The maximum Gasteiger partial charge on any atom is 0.408 e. The van der Waals surface area contributed by atoms with Crippen LogP contribution in [0.3, 0.4) is 0 Å². The first-order valence-corrected chi connectivity index (χ1v) is 15.6. The Kier molecular flexibility index (Phi) is 9.43. The highest BCUT2D eigenvalue weighted by Gasteiger charge is 2.54. The number of rotatable bonds is 9. The van der Waals surface area contributed by atoms with E-state index in [0.717, 1.165) is 11.1 Å². The Bertz CT molecular complexity index is 1570. The lowest BCUT2D eigenvalue weighted by atomic mass is 10.00. The fourth-order valence-electron chi connectivity index (χ4n) is 5.14. The van der Waals surface area contributed by atoms with Crippen LogP contribution in [0.4, 0.5) is 4.79 Å². The van der Waals surface area contributed by atoms with Gasteiger partial charge in [0.1, 0.15) is 28.8 Å². The number of allylic oxidation sites excluding steroid dienone is 1. The summed E-state index contributed by atoms with van der Waals surface area (Å²) in [6.07, 6.45) is 0.0777. The summed E-state index contributed by atoms with van der Waals surface area (Å²) in [5, 5.41) is 4.86. The van der Waals surface area contributed by atoms with Crippen molar-refractivity contribution < 1.29 is 28.7 Å². The number of fused-ring (bicyclic) bond motifs is 1. The van der Waals surface area contributed by atoms with E-state index in [0.29, 0.717) is 16.9 Å². The third kappa shape index (κ3) is 7.12. The standard InChI is InChI=1S/C35H35N3O6S/c1-5-22-21-45-32-27(36-30(39)26(23-15-9-6-10-16-23)37-34(42)44-35(2,3)4)31(40)38(32)28(22)33(41)43-29(24-17-11-7-12-18-24)25-19-13-8-14-20-25/h5-20,26-27,29,32H,1,21H2,2-4H3,(H,36,39)(H,37,42)/t26?,27-,32+/m1/s1. The van der Waals surface area contributed by atoms with Crippen molar-refractivity contribution in [2.45, 2.75) is 49.9 Å². The van der Waals surface area contributed by atoms with Crippen molar-refractivity contribution in [3.63, 3.8) is 0 Å². The van der Waals surface area contributed by atoms with Gasteiger partial charge in [0, 0.05) is 5.75 Å². The molecule has 5 rings (SSSR count). The molecule has 3 atom stereocenters. The van der Waals surface area contributed by atoms with Crippen LogP contribution in [0.5, 0.6) is 0 Å². The molecule has 0 saturated carbocycles. The molecule has 3 amide bonds. The van der Waals surface area contributed by atoms with E-state index < -0.39 is 53.0 Å².